The Kier molecular flexibility index (Phi) is 5.66. The highest BCUT2D eigenvalue weighted by Crippen LogP contribution is 2.19. The molecule has 0 fully saturated rings. The van der Waals surface area contributed by atoms with Gasteiger partial charge in [0.1, 0.15) is 0 Å². The van der Waals surface area contributed by atoms with E-state index in [0.29, 0.717) is 43.0 Å². The Hall–Kier alpha value is -2.08. The minimum absolute atomic E-state index is 0.406. The third kappa shape index (κ3) is 4.06. The molecule has 0 aliphatic carbocycles. The Labute approximate surface area is 104 Å². The van der Waals surface area contributed by atoms with Crippen molar-refractivity contribution in [3.63, 3.8) is 0 Å². The minimum atomic E-state index is -0.517. The first-order valence-electron chi connectivity index (χ1n) is 5.44. The third-order valence-corrected chi connectivity index (χ3v) is 2.29. The van der Waals surface area contributed by atoms with E-state index in [4.69, 9.17) is 21.7 Å². The number of carbonyl (C=O) groups is 1. The molecule has 1 aromatic rings. The largest absolute Gasteiger partial charge is 0.380 e. The van der Waals surface area contributed by atoms with Crippen LogP contribution in [-0.4, -0.2) is 25.7 Å². The Morgan fingerprint density at radius 1 is 1.44 bits per heavy atom. The summed E-state index contributed by atoms with van der Waals surface area (Å²) in [5, 5.41) is 3.48. The lowest BCUT2D eigenvalue weighted by molar-refractivity contribution is 0.0998. The first kappa shape index (κ1) is 14.0. The average molecular weight is 249 g/mol. The molecule has 0 saturated heterocycles. The zero-order valence-electron chi connectivity index (χ0n) is 9.87. The van der Waals surface area contributed by atoms with Crippen molar-refractivity contribution in [2.24, 2.45) is 16.6 Å². The van der Waals surface area contributed by atoms with Crippen molar-refractivity contribution in [3.8, 4) is 0 Å². The maximum atomic E-state index is 11.2. The second-order valence-corrected chi connectivity index (χ2v) is 3.55. The van der Waals surface area contributed by atoms with E-state index in [1.54, 1.807) is 18.2 Å². The van der Waals surface area contributed by atoms with Gasteiger partial charge in [-0.05, 0) is 29.6 Å². The lowest BCUT2D eigenvalue weighted by Gasteiger charge is -2.08. The highest BCUT2D eigenvalue weighted by molar-refractivity contribution is 5.94. The van der Waals surface area contributed by atoms with Crippen LogP contribution in [0, 0.1) is 0 Å². The molecule has 1 aromatic carbocycles. The smallest absolute Gasteiger partial charge is 0.248 e. The molecule has 4 N–H and O–H groups in total. The van der Waals surface area contributed by atoms with Crippen LogP contribution in [-0.2, 0) is 11.2 Å². The number of nitrogens with two attached hydrogens (primary N) is 2. The molecule has 1 rings (SSSR count). The van der Waals surface area contributed by atoms with Gasteiger partial charge in [-0.15, -0.1) is 0 Å². The molecule has 1 amide bonds. The quantitative estimate of drug-likeness (QED) is 0.326. The van der Waals surface area contributed by atoms with Gasteiger partial charge in [0.25, 0.3) is 0 Å². The number of hydrogen-bond acceptors (Lipinski definition) is 4. The topological polar surface area (TPSA) is 127 Å². The molecule has 0 heterocycles. The fourth-order valence-electron chi connectivity index (χ4n) is 1.51. The first-order chi connectivity index (χ1) is 8.69. The van der Waals surface area contributed by atoms with Crippen LogP contribution in [0.15, 0.2) is 23.3 Å². The zero-order valence-corrected chi connectivity index (χ0v) is 9.87. The Morgan fingerprint density at radius 2 is 2.22 bits per heavy atom. The summed E-state index contributed by atoms with van der Waals surface area (Å²) in [6.07, 6.45) is 0.507. The van der Waals surface area contributed by atoms with Gasteiger partial charge in [-0.3, -0.25) is 4.79 Å². The molecule has 0 saturated carbocycles. The molecule has 0 bridgehead atoms. The highest BCUT2D eigenvalue weighted by Gasteiger charge is 2.08. The van der Waals surface area contributed by atoms with Crippen molar-refractivity contribution in [2.45, 2.75) is 6.42 Å². The summed E-state index contributed by atoms with van der Waals surface area (Å²) in [4.78, 5) is 13.9. The number of benzene rings is 1. The van der Waals surface area contributed by atoms with Gasteiger partial charge >= 0.3 is 0 Å². The monoisotopic (exact) mass is 249 g/mol. The molecule has 18 heavy (non-hydrogen) atoms. The SMILES string of the molecule is [N-]=[N+]=Nc1ccc(C(N)=O)c(CCOCCN)c1. The number of carbonyl (C=O) groups excluding carboxylic acids is 1. The molecule has 0 aliphatic heterocycles. The van der Waals surface area contributed by atoms with Crippen molar-refractivity contribution in [1.82, 2.24) is 0 Å². The summed E-state index contributed by atoms with van der Waals surface area (Å²) in [5.41, 5.74) is 20.5. The molecule has 0 unspecified atom stereocenters. The molecule has 96 valence electrons. The predicted molar refractivity (Wildman–Crippen MR) is 67.3 cm³/mol. The van der Waals surface area contributed by atoms with Gasteiger partial charge in [0, 0.05) is 22.7 Å². The van der Waals surface area contributed by atoms with Crippen LogP contribution in [0.3, 0.4) is 0 Å². The van der Waals surface area contributed by atoms with Crippen molar-refractivity contribution >= 4 is 11.6 Å². The van der Waals surface area contributed by atoms with Gasteiger partial charge < -0.3 is 16.2 Å². The van der Waals surface area contributed by atoms with E-state index in [-0.39, 0.29) is 0 Å². The number of amides is 1. The molecule has 0 spiro atoms. The van der Waals surface area contributed by atoms with Crippen molar-refractivity contribution in [3.05, 3.63) is 39.8 Å². The molecule has 7 heteroatoms. The summed E-state index contributed by atoms with van der Waals surface area (Å²) in [5.74, 6) is -0.517. The number of ether oxygens (including phenoxy) is 1. The summed E-state index contributed by atoms with van der Waals surface area (Å²) in [6.45, 7) is 1.33. The van der Waals surface area contributed by atoms with Gasteiger partial charge in [0.05, 0.1) is 13.2 Å². The Balaban J connectivity index is 2.86. The van der Waals surface area contributed by atoms with Crippen LogP contribution in [0.1, 0.15) is 15.9 Å². The maximum absolute atomic E-state index is 11.2. The normalized spacial score (nSPS) is 9.83. The summed E-state index contributed by atoms with van der Waals surface area (Å²) in [6, 6.07) is 4.72. The van der Waals surface area contributed by atoms with Crippen LogP contribution in [0.2, 0.25) is 0 Å². The zero-order chi connectivity index (χ0) is 13.4. The lowest BCUT2D eigenvalue weighted by Crippen LogP contribution is -2.15. The van der Waals surface area contributed by atoms with Gasteiger partial charge in [-0.1, -0.05) is 11.2 Å². The second-order valence-electron chi connectivity index (χ2n) is 3.55. The van der Waals surface area contributed by atoms with E-state index >= 15 is 0 Å². The number of rotatable bonds is 7. The third-order valence-electron chi connectivity index (χ3n) is 2.29. The number of hydrogen-bond donors (Lipinski definition) is 2. The van der Waals surface area contributed by atoms with Crippen molar-refractivity contribution in [1.29, 1.82) is 0 Å². The summed E-state index contributed by atoms with van der Waals surface area (Å²) >= 11 is 0. The van der Waals surface area contributed by atoms with Crippen LogP contribution >= 0.6 is 0 Å². The van der Waals surface area contributed by atoms with Gasteiger partial charge in [-0.2, -0.15) is 0 Å². The maximum Gasteiger partial charge on any atom is 0.248 e. The number of nitrogens with zero attached hydrogens (tertiary/aromatic N) is 3. The average Bonchev–Trinajstić information content (AvgIpc) is 2.35. The van der Waals surface area contributed by atoms with E-state index in [2.05, 4.69) is 10.0 Å². The van der Waals surface area contributed by atoms with E-state index in [1.165, 1.54) is 0 Å². The fraction of sp³-hybridized carbons (Fsp3) is 0.364. The van der Waals surface area contributed by atoms with Gasteiger partial charge in [-0.25, -0.2) is 0 Å². The molecule has 0 radical (unpaired) electrons. The summed E-state index contributed by atoms with van der Waals surface area (Å²) < 4.78 is 5.24. The van der Waals surface area contributed by atoms with Crippen LogP contribution < -0.4 is 11.5 Å². The molecular weight excluding hydrogens is 234 g/mol. The highest BCUT2D eigenvalue weighted by atomic mass is 16.5. The Bertz CT molecular complexity index is 469. The van der Waals surface area contributed by atoms with Gasteiger partial charge in [0.2, 0.25) is 5.91 Å². The number of primary amides is 1. The predicted octanol–water partition coefficient (Wildman–Crippen LogP) is 1.25. The number of azide groups is 1. The van der Waals surface area contributed by atoms with Crippen LogP contribution in [0.4, 0.5) is 5.69 Å². The van der Waals surface area contributed by atoms with Crippen LogP contribution in [0.25, 0.3) is 10.4 Å². The van der Waals surface area contributed by atoms with Crippen LogP contribution in [0.5, 0.6) is 0 Å². The van der Waals surface area contributed by atoms with E-state index in [0.717, 1.165) is 0 Å². The molecular formula is C11H15N5O2. The van der Waals surface area contributed by atoms with Crippen molar-refractivity contribution < 1.29 is 9.53 Å². The summed E-state index contributed by atoms with van der Waals surface area (Å²) in [7, 11) is 0. The Morgan fingerprint density at radius 3 is 2.83 bits per heavy atom. The molecule has 0 aliphatic rings. The standard InChI is InChI=1S/C11H15N5O2/c12-4-6-18-5-3-8-7-9(15-16-14)1-2-10(8)11(13)17/h1-2,7H,3-6,12H2,(H2,13,17). The van der Waals surface area contributed by atoms with E-state index < -0.39 is 5.91 Å². The van der Waals surface area contributed by atoms with E-state index in [9.17, 15) is 4.79 Å². The minimum Gasteiger partial charge on any atom is -0.380 e. The second kappa shape index (κ2) is 7.29. The molecule has 7 nitrogen and oxygen atoms in total. The van der Waals surface area contributed by atoms with E-state index in [1.807, 2.05) is 0 Å². The molecule has 0 atom stereocenters. The first-order valence-corrected chi connectivity index (χ1v) is 5.44. The van der Waals surface area contributed by atoms with Gasteiger partial charge in [0.15, 0.2) is 0 Å². The van der Waals surface area contributed by atoms with Crippen molar-refractivity contribution in [2.75, 3.05) is 19.8 Å². The fourth-order valence-corrected chi connectivity index (χ4v) is 1.51. The molecule has 0 aromatic heterocycles. The lowest BCUT2D eigenvalue weighted by atomic mass is 10.0.